The van der Waals surface area contributed by atoms with E-state index < -0.39 is 15.3 Å². The standard InChI is InChI=1S/C24H30N2O3S/c1-4-18(2)25-24(27)16-20-11-13-21(14-12-20)17-26-19(3)10-15-23(30(26,28)29)22-8-6-5-7-9-22/h4-9,11-14,18-19,23H,1,10,15-17H2,2-3H3,(H,25,27)/t18?,19-,23?/m0/s1. The zero-order valence-electron chi connectivity index (χ0n) is 17.6. The topological polar surface area (TPSA) is 66.5 Å². The molecule has 6 heteroatoms. The Kier molecular flexibility index (Phi) is 7.10. The van der Waals surface area contributed by atoms with Gasteiger partial charge in [0.25, 0.3) is 0 Å². The molecule has 2 aromatic rings. The van der Waals surface area contributed by atoms with Gasteiger partial charge >= 0.3 is 0 Å². The van der Waals surface area contributed by atoms with Crippen molar-refractivity contribution in [2.45, 2.75) is 57.0 Å². The van der Waals surface area contributed by atoms with Gasteiger partial charge in [-0.05, 0) is 43.4 Å². The number of hydrogen-bond acceptors (Lipinski definition) is 3. The fraction of sp³-hybridized carbons (Fsp3) is 0.375. The summed E-state index contributed by atoms with van der Waals surface area (Å²) < 4.78 is 28.3. The second kappa shape index (κ2) is 9.58. The average molecular weight is 427 g/mol. The van der Waals surface area contributed by atoms with Gasteiger partial charge in [0.2, 0.25) is 15.9 Å². The molecule has 1 heterocycles. The highest BCUT2D eigenvalue weighted by molar-refractivity contribution is 7.89. The third-order valence-electron chi connectivity index (χ3n) is 5.66. The smallest absolute Gasteiger partial charge is 0.224 e. The van der Waals surface area contributed by atoms with Crippen LogP contribution in [0, 0.1) is 0 Å². The van der Waals surface area contributed by atoms with Crippen LogP contribution in [0.15, 0.2) is 67.3 Å². The van der Waals surface area contributed by atoms with Crippen molar-refractivity contribution in [2.24, 2.45) is 0 Å². The van der Waals surface area contributed by atoms with E-state index in [2.05, 4.69) is 11.9 Å². The van der Waals surface area contributed by atoms with Crippen LogP contribution < -0.4 is 5.32 Å². The predicted octanol–water partition coefficient (Wildman–Crippen LogP) is 3.98. The first-order chi connectivity index (χ1) is 14.3. The molecule has 3 atom stereocenters. The number of hydrogen-bond donors (Lipinski definition) is 1. The summed E-state index contributed by atoms with van der Waals surface area (Å²) in [6.45, 7) is 7.84. The number of rotatable bonds is 7. The van der Waals surface area contributed by atoms with Gasteiger partial charge in [-0.25, -0.2) is 8.42 Å². The van der Waals surface area contributed by atoms with Crippen LogP contribution in [-0.2, 0) is 27.8 Å². The van der Waals surface area contributed by atoms with E-state index >= 15 is 0 Å². The highest BCUT2D eigenvalue weighted by Crippen LogP contribution is 2.37. The number of amides is 1. The summed E-state index contributed by atoms with van der Waals surface area (Å²) >= 11 is 0. The Labute approximate surface area is 179 Å². The number of carbonyl (C=O) groups excluding carboxylic acids is 1. The van der Waals surface area contributed by atoms with Crippen LogP contribution in [0.1, 0.15) is 48.6 Å². The Bertz CT molecular complexity index is 971. The maximum absolute atomic E-state index is 13.3. The van der Waals surface area contributed by atoms with Crippen LogP contribution in [0.2, 0.25) is 0 Å². The van der Waals surface area contributed by atoms with Crippen LogP contribution in [0.4, 0.5) is 0 Å². The molecule has 1 amide bonds. The van der Waals surface area contributed by atoms with Gasteiger partial charge in [0.1, 0.15) is 5.25 Å². The normalized spacial score (nSPS) is 22.2. The van der Waals surface area contributed by atoms with Gasteiger partial charge in [-0.2, -0.15) is 4.31 Å². The first kappa shape index (κ1) is 22.2. The van der Waals surface area contributed by atoms with Crippen LogP contribution in [0.3, 0.4) is 0 Å². The van der Waals surface area contributed by atoms with E-state index in [0.717, 1.165) is 23.1 Å². The highest BCUT2D eigenvalue weighted by Gasteiger charge is 2.40. The summed E-state index contributed by atoms with van der Waals surface area (Å²) in [5.41, 5.74) is 2.66. The Morgan fingerprint density at radius 3 is 2.40 bits per heavy atom. The third-order valence-corrected chi connectivity index (χ3v) is 8.03. The van der Waals surface area contributed by atoms with Crippen molar-refractivity contribution in [1.82, 2.24) is 9.62 Å². The first-order valence-corrected chi connectivity index (χ1v) is 11.9. The maximum atomic E-state index is 13.3. The van der Waals surface area contributed by atoms with Gasteiger partial charge < -0.3 is 5.32 Å². The number of sulfonamides is 1. The Hall–Kier alpha value is -2.44. The molecule has 160 valence electrons. The van der Waals surface area contributed by atoms with Gasteiger partial charge in [0.15, 0.2) is 0 Å². The fourth-order valence-corrected chi connectivity index (χ4v) is 6.04. The minimum Gasteiger partial charge on any atom is -0.350 e. The van der Waals surface area contributed by atoms with Crippen LogP contribution >= 0.6 is 0 Å². The largest absolute Gasteiger partial charge is 0.350 e. The van der Waals surface area contributed by atoms with Crippen molar-refractivity contribution in [2.75, 3.05) is 0 Å². The van der Waals surface area contributed by atoms with E-state index in [-0.39, 0.29) is 24.4 Å². The Balaban J connectivity index is 1.71. The molecule has 0 aromatic heterocycles. The summed E-state index contributed by atoms with van der Waals surface area (Å²) in [5.74, 6) is -0.0620. The number of benzene rings is 2. The van der Waals surface area contributed by atoms with E-state index in [1.54, 1.807) is 10.4 Å². The van der Waals surface area contributed by atoms with Gasteiger partial charge in [-0.1, -0.05) is 60.7 Å². The molecule has 3 rings (SSSR count). The Morgan fingerprint density at radius 1 is 1.13 bits per heavy atom. The second-order valence-electron chi connectivity index (χ2n) is 8.00. The molecule has 1 aliphatic rings. The van der Waals surface area contributed by atoms with E-state index in [1.807, 2.05) is 68.4 Å². The molecule has 1 aliphatic heterocycles. The van der Waals surface area contributed by atoms with E-state index in [9.17, 15) is 13.2 Å². The first-order valence-electron chi connectivity index (χ1n) is 10.4. The Morgan fingerprint density at radius 2 is 1.77 bits per heavy atom. The van der Waals surface area contributed by atoms with Crippen molar-refractivity contribution < 1.29 is 13.2 Å². The zero-order chi connectivity index (χ0) is 21.7. The SMILES string of the molecule is C=CC(C)NC(=O)Cc1ccc(CN2[C@@H](C)CCC(c3ccccc3)S2(=O)=O)cc1. The lowest BCUT2D eigenvalue weighted by Crippen LogP contribution is -2.44. The van der Waals surface area contributed by atoms with Crippen molar-refractivity contribution in [3.05, 3.63) is 83.9 Å². The van der Waals surface area contributed by atoms with E-state index in [4.69, 9.17) is 0 Å². The molecular weight excluding hydrogens is 396 g/mol. The summed E-state index contributed by atoms with van der Waals surface area (Å²) in [5, 5.41) is 2.36. The lowest BCUT2D eigenvalue weighted by Gasteiger charge is -2.37. The third kappa shape index (κ3) is 5.18. The molecule has 0 saturated carbocycles. The number of nitrogens with zero attached hydrogens (tertiary/aromatic N) is 1. The molecule has 2 unspecified atom stereocenters. The van der Waals surface area contributed by atoms with Crippen molar-refractivity contribution >= 4 is 15.9 Å². The monoisotopic (exact) mass is 426 g/mol. The molecule has 0 radical (unpaired) electrons. The van der Waals surface area contributed by atoms with Gasteiger partial charge in [0.05, 0.1) is 6.42 Å². The summed E-state index contributed by atoms with van der Waals surface area (Å²) in [6.07, 6.45) is 3.44. The van der Waals surface area contributed by atoms with Gasteiger partial charge in [-0.15, -0.1) is 6.58 Å². The summed E-state index contributed by atoms with van der Waals surface area (Å²) in [6, 6.07) is 17.0. The number of nitrogens with one attached hydrogen (secondary N) is 1. The van der Waals surface area contributed by atoms with E-state index in [0.29, 0.717) is 13.0 Å². The second-order valence-corrected chi connectivity index (χ2v) is 10.1. The van der Waals surface area contributed by atoms with Gasteiger partial charge in [0, 0.05) is 18.6 Å². The van der Waals surface area contributed by atoms with Crippen LogP contribution in [0.5, 0.6) is 0 Å². The molecule has 0 aliphatic carbocycles. The number of carbonyl (C=O) groups is 1. The molecule has 5 nitrogen and oxygen atoms in total. The molecular formula is C24H30N2O3S. The van der Waals surface area contributed by atoms with Crippen molar-refractivity contribution in [1.29, 1.82) is 0 Å². The lowest BCUT2D eigenvalue weighted by atomic mass is 10.0. The van der Waals surface area contributed by atoms with Crippen molar-refractivity contribution in [3.8, 4) is 0 Å². The molecule has 2 aromatic carbocycles. The van der Waals surface area contributed by atoms with Crippen LogP contribution in [0.25, 0.3) is 0 Å². The molecule has 1 fully saturated rings. The fourth-order valence-electron chi connectivity index (χ4n) is 3.84. The summed E-state index contributed by atoms with van der Waals surface area (Å²) in [7, 11) is -3.45. The van der Waals surface area contributed by atoms with Crippen LogP contribution in [-0.4, -0.2) is 30.7 Å². The highest BCUT2D eigenvalue weighted by atomic mass is 32.2. The van der Waals surface area contributed by atoms with Gasteiger partial charge in [-0.3, -0.25) is 4.79 Å². The quantitative estimate of drug-likeness (QED) is 0.681. The molecule has 30 heavy (non-hydrogen) atoms. The summed E-state index contributed by atoms with van der Waals surface area (Å²) in [4.78, 5) is 12.0. The molecule has 0 spiro atoms. The molecule has 1 saturated heterocycles. The average Bonchev–Trinajstić information content (AvgIpc) is 2.72. The zero-order valence-corrected chi connectivity index (χ0v) is 18.4. The minimum absolute atomic E-state index is 0.0409. The minimum atomic E-state index is -3.45. The maximum Gasteiger partial charge on any atom is 0.224 e. The molecule has 0 bridgehead atoms. The lowest BCUT2D eigenvalue weighted by molar-refractivity contribution is -0.120. The molecule has 1 N–H and O–H groups in total. The van der Waals surface area contributed by atoms with Crippen molar-refractivity contribution in [3.63, 3.8) is 0 Å². The van der Waals surface area contributed by atoms with E-state index in [1.165, 1.54) is 0 Å². The predicted molar refractivity (Wildman–Crippen MR) is 120 cm³/mol.